The number of urea groups is 1. The molecular formula is C22H26N4O4. The van der Waals surface area contributed by atoms with Gasteiger partial charge in [0.15, 0.2) is 0 Å². The average Bonchev–Trinajstić information content (AvgIpc) is 3.12. The predicted molar refractivity (Wildman–Crippen MR) is 116 cm³/mol. The molecule has 1 aliphatic rings. The molecule has 3 amide bonds. The maximum atomic E-state index is 12.3. The molecule has 1 saturated heterocycles. The Morgan fingerprint density at radius 3 is 2.43 bits per heavy atom. The minimum absolute atomic E-state index is 0.0267. The molecule has 2 aromatic carbocycles. The lowest BCUT2D eigenvalue weighted by Crippen LogP contribution is -2.41. The Hall–Kier alpha value is -3.39. The maximum absolute atomic E-state index is 12.3. The summed E-state index contributed by atoms with van der Waals surface area (Å²) in [6, 6.07) is 14.1. The Morgan fingerprint density at radius 2 is 1.80 bits per heavy atom. The number of amides is 3. The number of nitrogens with one attached hydrogen (secondary N) is 2. The highest BCUT2D eigenvalue weighted by atomic mass is 16.4. The number of anilines is 3. The van der Waals surface area contributed by atoms with Gasteiger partial charge in [-0.2, -0.15) is 0 Å². The van der Waals surface area contributed by atoms with Crippen LogP contribution in [0.15, 0.2) is 48.5 Å². The van der Waals surface area contributed by atoms with Crippen molar-refractivity contribution in [3.8, 4) is 0 Å². The monoisotopic (exact) mass is 410 g/mol. The zero-order chi connectivity index (χ0) is 21.7. The van der Waals surface area contributed by atoms with Gasteiger partial charge in [-0.15, -0.1) is 0 Å². The van der Waals surface area contributed by atoms with Crippen molar-refractivity contribution in [3.63, 3.8) is 0 Å². The fourth-order valence-electron chi connectivity index (χ4n) is 3.71. The number of carbonyl (C=O) groups is 3. The van der Waals surface area contributed by atoms with Crippen LogP contribution in [-0.2, 0) is 9.59 Å². The van der Waals surface area contributed by atoms with Gasteiger partial charge in [0.05, 0.1) is 12.6 Å². The molecule has 0 aromatic heterocycles. The first-order valence-electron chi connectivity index (χ1n) is 9.81. The van der Waals surface area contributed by atoms with Crippen LogP contribution < -0.4 is 15.5 Å². The summed E-state index contributed by atoms with van der Waals surface area (Å²) in [5.41, 5.74) is 3.02. The van der Waals surface area contributed by atoms with E-state index in [2.05, 4.69) is 10.6 Å². The molecule has 1 unspecified atom stereocenters. The highest BCUT2D eigenvalue weighted by molar-refractivity contribution is 6.00. The molecule has 0 saturated carbocycles. The van der Waals surface area contributed by atoms with Crippen LogP contribution in [0, 0.1) is 6.92 Å². The number of carbonyl (C=O) groups excluding carboxylic acids is 2. The first-order chi connectivity index (χ1) is 14.3. The quantitative estimate of drug-likeness (QED) is 0.679. The lowest BCUT2D eigenvalue weighted by molar-refractivity contribution is -0.138. The number of nitrogens with zero attached hydrogens (tertiary/aromatic N) is 2. The number of para-hydroxylation sites is 1. The van der Waals surface area contributed by atoms with Crippen molar-refractivity contribution in [2.45, 2.75) is 26.3 Å². The summed E-state index contributed by atoms with van der Waals surface area (Å²) >= 11 is 0. The second-order valence-corrected chi connectivity index (χ2v) is 7.40. The molecule has 2 aromatic rings. The summed E-state index contributed by atoms with van der Waals surface area (Å²) < 4.78 is 0. The largest absolute Gasteiger partial charge is 0.480 e. The Balaban J connectivity index is 1.64. The number of likely N-dealkylation sites (tertiary alicyclic amines) is 1. The molecule has 0 radical (unpaired) electrons. The summed E-state index contributed by atoms with van der Waals surface area (Å²) in [5, 5.41) is 14.6. The second kappa shape index (κ2) is 9.41. The van der Waals surface area contributed by atoms with Crippen LogP contribution in [0.25, 0.3) is 0 Å². The van der Waals surface area contributed by atoms with E-state index in [0.717, 1.165) is 16.9 Å². The molecule has 1 atom stereocenters. The van der Waals surface area contributed by atoms with E-state index < -0.39 is 5.97 Å². The van der Waals surface area contributed by atoms with Crippen LogP contribution in [0.1, 0.15) is 18.9 Å². The standard InChI is InChI=1S/C22H26N4O4/c1-15-5-3-4-6-20(15)24-22(30)23-17-7-9-18(10-8-17)26(16(2)27)19-11-12-25(13-19)14-21(28)29/h3-10,19H,11-14H2,1-2H3,(H,28,29)(H2,23,24,30). The summed E-state index contributed by atoms with van der Waals surface area (Å²) in [7, 11) is 0. The molecule has 0 bridgehead atoms. The van der Waals surface area contributed by atoms with Gasteiger partial charge in [-0.05, 0) is 49.2 Å². The summed E-state index contributed by atoms with van der Waals surface area (Å²) in [6.07, 6.45) is 0.714. The van der Waals surface area contributed by atoms with E-state index in [4.69, 9.17) is 5.11 Å². The van der Waals surface area contributed by atoms with Crippen molar-refractivity contribution in [1.29, 1.82) is 0 Å². The third-order valence-electron chi connectivity index (χ3n) is 5.11. The van der Waals surface area contributed by atoms with Crippen molar-refractivity contribution in [1.82, 2.24) is 4.90 Å². The van der Waals surface area contributed by atoms with E-state index in [-0.39, 0.29) is 24.5 Å². The number of hydrogen-bond acceptors (Lipinski definition) is 4. The molecular weight excluding hydrogens is 384 g/mol. The van der Waals surface area contributed by atoms with Gasteiger partial charge in [0.2, 0.25) is 5.91 Å². The van der Waals surface area contributed by atoms with Crippen molar-refractivity contribution in [2.24, 2.45) is 0 Å². The van der Waals surface area contributed by atoms with Crippen LogP contribution in [-0.4, -0.2) is 53.6 Å². The highest BCUT2D eigenvalue weighted by Gasteiger charge is 2.31. The van der Waals surface area contributed by atoms with Crippen LogP contribution >= 0.6 is 0 Å². The molecule has 1 aliphatic heterocycles. The lowest BCUT2D eigenvalue weighted by atomic mass is 10.1. The lowest BCUT2D eigenvalue weighted by Gasteiger charge is -2.28. The zero-order valence-electron chi connectivity index (χ0n) is 17.1. The topological polar surface area (TPSA) is 102 Å². The third-order valence-corrected chi connectivity index (χ3v) is 5.11. The van der Waals surface area contributed by atoms with E-state index in [1.807, 2.05) is 36.1 Å². The number of carboxylic acid groups (broad SMARTS) is 1. The van der Waals surface area contributed by atoms with Crippen LogP contribution in [0.3, 0.4) is 0 Å². The normalized spacial score (nSPS) is 16.1. The number of aryl methyl sites for hydroxylation is 1. The van der Waals surface area contributed by atoms with E-state index in [0.29, 0.717) is 25.2 Å². The van der Waals surface area contributed by atoms with Gasteiger partial charge in [-0.25, -0.2) is 4.79 Å². The van der Waals surface area contributed by atoms with Crippen molar-refractivity contribution >= 4 is 35.0 Å². The SMILES string of the molecule is CC(=O)N(c1ccc(NC(=O)Nc2ccccc2C)cc1)C1CCN(CC(=O)O)C1. The predicted octanol–water partition coefficient (Wildman–Crippen LogP) is 3.15. The second-order valence-electron chi connectivity index (χ2n) is 7.40. The maximum Gasteiger partial charge on any atom is 0.323 e. The Kier molecular flexibility index (Phi) is 6.68. The Labute approximate surface area is 175 Å². The Morgan fingerprint density at radius 1 is 1.10 bits per heavy atom. The van der Waals surface area contributed by atoms with Gasteiger partial charge in [0, 0.05) is 37.1 Å². The molecule has 1 heterocycles. The van der Waals surface area contributed by atoms with Gasteiger partial charge in [0.1, 0.15) is 0 Å². The summed E-state index contributed by atoms with van der Waals surface area (Å²) in [6.45, 7) is 4.55. The minimum Gasteiger partial charge on any atom is -0.480 e. The zero-order valence-corrected chi connectivity index (χ0v) is 17.1. The first-order valence-corrected chi connectivity index (χ1v) is 9.81. The first kappa shape index (κ1) is 21.3. The molecule has 3 N–H and O–H groups in total. The number of rotatable bonds is 6. The summed E-state index contributed by atoms with van der Waals surface area (Å²) in [5.74, 6) is -0.973. The van der Waals surface area contributed by atoms with Crippen molar-refractivity contribution < 1.29 is 19.5 Å². The Bertz CT molecular complexity index is 929. The van der Waals surface area contributed by atoms with Crippen LogP contribution in [0.4, 0.5) is 21.9 Å². The molecule has 0 spiro atoms. The van der Waals surface area contributed by atoms with Gasteiger partial charge in [0.25, 0.3) is 0 Å². The van der Waals surface area contributed by atoms with E-state index in [1.54, 1.807) is 29.2 Å². The minimum atomic E-state index is -0.871. The number of aliphatic carboxylic acids is 1. The average molecular weight is 410 g/mol. The number of benzene rings is 2. The number of carboxylic acids is 1. The van der Waals surface area contributed by atoms with E-state index in [1.165, 1.54) is 6.92 Å². The molecule has 0 aliphatic carbocycles. The van der Waals surface area contributed by atoms with Gasteiger partial charge >= 0.3 is 12.0 Å². The van der Waals surface area contributed by atoms with Crippen LogP contribution in [0.5, 0.6) is 0 Å². The van der Waals surface area contributed by atoms with Gasteiger partial charge in [-0.1, -0.05) is 18.2 Å². The van der Waals surface area contributed by atoms with Gasteiger partial charge in [-0.3, -0.25) is 14.5 Å². The van der Waals surface area contributed by atoms with E-state index >= 15 is 0 Å². The smallest absolute Gasteiger partial charge is 0.323 e. The van der Waals surface area contributed by atoms with Crippen LogP contribution in [0.2, 0.25) is 0 Å². The molecule has 30 heavy (non-hydrogen) atoms. The fourth-order valence-corrected chi connectivity index (χ4v) is 3.71. The molecule has 158 valence electrons. The fraction of sp³-hybridized carbons (Fsp3) is 0.318. The van der Waals surface area contributed by atoms with E-state index in [9.17, 15) is 14.4 Å². The number of hydrogen-bond donors (Lipinski definition) is 3. The molecule has 1 fully saturated rings. The molecule has 8 heteroatoms. The highest BCUT2D eigenvalue weighted by Crippen LogP contribution is 2.25. The van der Waals surface area contributed by atoms with Crippen molar-refractivity contribution in [2.75, 3.05) is 35.2 Å². The van der Waals surface area contributed by atoms with Crippen molar-refractivity contribution in [3.05, 3.63) is 54.1 Å². The van der Waals surface area contributed by atoms with Gasteiger partial charge < -0.3 is 20.6 Å². The molecule has 8 nitrogen and oxygen atoms in total. The molecule has 3 rings (SSSR count). The summed E-state index contributed by atoms with van der Waals surface area (Å²) in [4.78, 5) is 39.0. The third kappa shape index (κ3) is 5.36.